The molecule has 1 heterocycles. The first-order valence-electron chi connectivity index (χ1n) is 6.99. The Bertz CT molecular complexity index is 611. The van der Waals surface area contributed by atoms with Crippen LogP contribution < -0.4 is 5.32 Å². The van der Waals surface area contributed by atoms with E-state index >= 15 is 0 Å². The fraction of sp³-hybridized carbons (Fsp3) is 0.467. The number of nitrogens with one attached hydrogen (secondary N) is 1. The van der Waals surface area contributed by atoms with Gasteiger partial charge in [0.15, 0.2) is 17.5 Å². The van der Waals surface area contributed by atoms with E-state index in [9.17, 15) is 22.8 Å². The van der Waals surface area contributed by atoms with Crippen LogP contribution in [0.2, 0.25) is 0 Å². The number of anilines is 1. The van der Waals surface area contributed by atoms with E-state index in [0.717, 1.165) is 18.9 Å². The first kappa shape index (κ1) is 16.3. The van der Waals surface area contributed by atoms with Gasteiger partial charge in [-0.3, -0.25) is 9.59 Å². The highest BCUT2D eigenvalue weighted by Crippen LogP contribution is 2.26. The van der Waals surface area contributed by atoms with Crippen LogP contribution in [0.25, 0.3) is 0 Å². The van der Waals surface area contributed by atoms with Crippen LogP contribution in [-0.4, -0.2) is 29.8 Å². The van der Waals surface area contributed by atoms with Gasteiger partial charge in [-0.1, -0.05) is 0 Å². The lowest BCUT2D eigenvalue weighted by Gasteiger charge is -2.28. The summed E-state index contributed by atoms with van der Waals surface area (Å²) in [7, 11) is 0. The van der Waals surface area contributed by atoms with Crippen molar-refractivity contribution in [2.24, 2.45) is 5.41 Å². The Balaban J connectivity index is 2.17. The number of likely N-dealkylation sites (tertiary alicyclic amines) is 1. The first-order chi connectivity index (χ1) is 10.2. The zero-order valence-corrected chi connectivity index (χ0v) is 12.4. The first-order valence-corrected chi connectivity index (χ1v) is 6.99. The summed E-state index contributed by atoms with van der Waals surface area (Å²) in [4.78, 5) is 26.2. The zero-order chi connectivity index (χ0) is 16.5. The summed E-state index contributed by atoms with van der Waals surface area (Å²) in [5.74, 6) is -5.64. The van der Waals surface area contributed by atoms with E-state index in [1.807, 2.05) is 0 Å². The van der Waals surface area contributed by atoms with Gasteiger partial charge in [0.25, 0.3) is 0 Å². The van der Waals surface area contributed by atoms with Crippen molar-refractivity contribution in [2.75, 3.05) is 18.4 Å². The lowest BCUT2D eigenvalue weighted by molar-refractivity contribution is -0.145. The van der Waals surface area contributed by atoms with Crippen molar-refractivity contribution in [3.8, 4) is 0 Å². The van der Waals surface area contributed by atoms with Gasteiger partial charge in [0.05, 0.1) is 5.69 Å². The Morgan fingerprint density at radius 1 is 1.09 bits per heavy atom. The summed E-state index contributed by atoms with van der Waals surface area (Å²) in [5.41, 5.74) is -1.92. The van der Waals surface area contributed by atoms with Crippen LogP contribution >= 0.6 is 0 Å². The van der Waals surface area contributed by atoms with Crippen molar-refractivity contribution < 1.29 is 22.8 Å². The molecule has 0 atom stereocenters. The third-order valence-corrected chi connectivity index (χ3v) is 3.78. The molecule has 0 unspecified atom stereocenters. The monoisotopic (exact) mass is 314 g/mol. The van der Waals surface area contributed by atoms with Crippen molar-refractivity contribution >= 4 is 17.5 Å². The third kappa shape index (κ3) is 2.93. The van der Waals surface area contributed by atoms with E-state index in [2.05, 4.69) is 5.32 Å². The molecule has 1 aliphatic rings. The highest BCUT2D eigenvalue weighted by molar-refractivity contribution is 6.09. The van der Waals surface area contributed by atoms with E-state index in [-0.39, 0.29) is 5.91 Å². The Labute approximate surface area is 126 Å². The van der Waals surface area contributed by atoms with Gasteiger partial charge in [0, 0.05) is 13.1 Å². The van der Waals surface area contributed by atoms with E-state index in [0.29, 0.717) is 19.2 Å². The van der Waals surface area contributed by atoms with Crippen molar-refractivity contribution in [2.45, 2.75) is 26.7 Å². The predicted molar refractivity (Wildman–Crippen MR) is 74.5 cm³/mol. The molecule has 1 aliphatic heterocycles. The van der Waals surface area contributed by atoms with Gasteiger partial charge in [-0.25, -0.2) is 13.2 Å². The van der Waals surface area contributed by atoms with Crippen molar-refractivity contribution in [3.05, 3.63) is 29.6 Å². The summed E-state index contributed by atoms with van der Waals surface area (Å²) in [6.07, 6.45) is 1.75. The predicted octanol–water partition coefficient (Wildman–Crippen LogP) is 2.69. The minimum atomic E-state index is -1.67. The fourth-order valence-electron chi connectivity index (χ4n) is 2.31. The summed E-state index contributed by atoms with van der Waals surface area (Å²) < 4.78 is 39.6. The molecule has 0 bridgehead atoms. The number of hydrogen-bond donors (Lipinski definition) is 1. The Kier molecular flexibility index (Phi) is 4.44. The molecule has 2 rings (SSSR count). The lowest BCUT2D eigenvalue weighted by Crippen LogP contribution is -2.46. The number of halogens is 3. The quantitative estimate of drug-likeness (QED) is 0.689. The Morgan fingerprint density at radius 3 is 2.27 bits per heavy atom. The molecule has 0 aromatic heterocycles. The maximum Gasteiger partial charge on any atom is 0.239 e. The van der Waals surface area contributed by atoms with Crippen LogP contribution in [0, 0.1) is 22.9 Å². The van der Waals surface area contributed by atoms with Crippen molar-refractivity contribution in [3.63, 3.8) is 0 Å². The zero-order valence-electron chi connectivity index (χ0n) is 12.4. The normalized spacial score (nSPS) is 15.0. The maximum atomic E-state index is 13.6. The maximum absolute atomic E-state index is 13.6. The molecule has 4 nitrogen and oxygen atoms in total. The van der Waals surface area contributed by atoms with Gasteiger partial charge < -0.3 is 10.2 Å². The van der Waals surface area contributed by atoms with E-state index in [1.54, 1.807) is 4.90 Å². The molecule has 0 saturated carbocycles. The molecular weight excluding hydrogens is 297 g/mol. The molecule has 1 aromatic rings. The minimum Gasteiger partial charge on any atom is -0.342 e. The summed E-state index contributed by atoms with van der Waals surface area (Å²) in [6, 6.07) is 1.63. The molecule has 1 saturated heterocycles. The Hall–Kier alpha value is -2.05. The Morgan fingerprint density at radius 2 is 1.68 bits per heavy atom. The van der Waals surface area contributed by atoms with Crippen LogP contribution in [0.15, 0.2) is 12.1 Å². The van der Waals surface area contributed by atoms with Crippen LogP contribution in [0.4, 0.5) is 18.9 Å². The number of nitrogens with zero attached hydrogens (tertiary/aromatic N) is 1. The molecule has 1 aromatic carbocycles. The molecule has 0 aliphatic carbocycles. The number of rotatable bonds is 3. The van der Waals surface area contributed by atoms with Gasteiger partial charge >= 0.3 is 0 Å². The molecule has 2 amide bonds. The molecule has 120 valence electrons. The lowest BCUT2D eigenvalue weighted by atomic mass is 9.90. The summed E-state index contributed by atoms with van der Waals surface area (Å²) >= 11 is 0. The smallest absolute Gasteiger partial charge is 0.239 e. The molecule has 7 heteroatoms. The molecule has 22 heavy (non-hydrogen) atoms. The van der Waals surface area contributed by atoms with Crippen LogP contribution in [0.1, 0.15) is 26.7 Å². The van der Waals surface area contributed by atoms with Crippen LogP contribution in [0.3, 0.4) is 0 Å². The van der Waals surface area contributed by atoms with Gasteiger partial charge in [0.1, 0.15) is 5.41 Å². The molecule has 0 radical (unpaired) electrons. The second-order valence-corrected chi connectivity index (χ2v) is 5.80. The highest BCUT2D eigenvalue weighted by atomic mass is 19.2. The van der Waals surface area contributed by atoms with Crippen LogP contribution in [0.5, 0.6) is 0 Å². The van der Waals surface area contributed by atoms with E-state index in [1.165, 1.54) is 13.8 Å². The van der Waals surface area contributed by atoms with Gasteiger partial charge in [-0.2, -0.15) is 0 Å². The number of benzene rings is 1. The molecule has 1 fully saturated rings. The summed E-state index contributed by atoms with van der Waals surface area (Å²) in [5, 5.41) is 2.15. The van der Waals surface area contributed by atoms with Crippen LogP contribution in [-0.2, 0) is 9.59 Å². The van der Waals surface area contributed by atoms with E-state index in [4.69, 9.17) is 0 Å². The largest absolute Gasteiger partial charge is 0.342 e. The SMILES string of the molecule is CC(C)(C(=O)Nc1ccc(F)c(F)c1F)C(=O)N1CCCC1. The minimum absolute atomic E-state index is 0.370. The molecule has 1 N–H and O–H groups in total. The number of amides is 2. The fourth-order valence-corrected chi connectivity index (χ4v) is 2.31. The average Bonchev–Trinajstić information content (AvgIpc) is 3.01. The summed E-state index contributed by atoms with van der Waals surface area (Å²) in [6.45, 7) is 3.99. The van der Waals surface area contributed by atoms with Crippen molar-refractivity contribution in [1.29, 1.82) is 0 Å². The number of carbonyl (C=O) groups excluding carboxylic acids is 2. The average molecular weight is 314 g/mol. The second-order valence-electron chi connectivity index (χ2n) is 5.80. The van der Waals surface area contributed by atoms with Gasteiger partial charge in [-0.05, 0) is 38.8 Å². The molecule has 0 spiro atoms. The number of hydrogen-bond acceptors (Lipinski definition) is 2. The third-order valence-electron chi connectivity index (χ3n) is 3.78. The topological polar surface area (TPSA) is 49.4 Å². The van der Waals surface area contributed by atoms with Gasteiger partial charge in [0.2, 0.25) is 11.8 Å². The van der Waals surface area contributed by atoms with E-state index < -0.39 is 34.5 Å². The standard InChI is InChI=1S/C15H17F3N2O2/c1-15(2,14(22)20-7-3-4-8-20)13(21)19-10-6-5-9(16)11(17)12(10)18/h5-6H,3-4,7-8H2,1-2H3,(H,19,21). The second kappa shape index (κ2) is 5.98. The highest BCUT2D eigenvalue weighted by Gasteiger charge is 2.40. The van der Waals surface area contributed by atoms with Crippen molar-refractivity contribution in [1.82, 2.24) is 4.90 Å². The molecular formula is C15H17F3N2O2. The number of carbonyl (C=O) groups is 2. The van der Waals surface area contributed by atoms with Gasteiger partial charge in [-0.15, -0.1) is 0 Å².